The summed E-state index contributed by atoms with van der Waals surface area (Å²) in [4.78, 5) is 28.4. The minimum atomic E-state index is -1.33. The Bertz CT molecular complexity index is 271. The Morgan fingerprint density at radius 2 is 1.42 bits per heavy atom. The van der Waals surface area contributed by atoms with Crippen molar-refractivity contribution in [1.29, 1.82) is 0 Å². The van der Waals surface area contributed by atoms with E-state index in [4.69, 9.17) is 24.5 Å². The summed E-state index contributed by atoms with van der Waals surface area (Å²) in [7, 11) is 0. The largest absolute Gasteiger partial charge is 0.483 e. The lowest BCUT2D eigenvalue weighted by Crippen LogP contribution is -2.27. The van der Waals surface area contributed by atoms with Crippen LogP contribution in [0.5, 0.6) is 0 Å². The molecule has 19 heavy (non-hydrogen) atoms. The van der Waals surface area contributed by atoms with Crippen LogP contribution in [0.2, 0.25) is 0 Å². The van der Waals surface area contributed by atoms with Crippen LogP contribution < -0.4 is 5.73 Å². The van der Waals surface area contributed by atoms with Crippen molar-refractivity contribution in [3.63, 3.8) is 0 Å². The minimum Gasteiger partial charge on any atom is -0.483 e. The van der Waals surface area contributed by atoms with Crippen molar-refractivity contribution in [2.45, 2.75) is 41.5 Å². The normalized spacial score (nSPS) is 10.0. The van der Waals surface area contributed by atoms with Gasteiger partial charge in [0.2, 0.25) is 0 Å². The van der Waals surface area contributed by atoms with Crippen LogP contribution in [0, 0.1) is 10.8 Å². The maximum absolute atomic E-state index is 11.3. The van der Waals surface area contributed by atoms with Gasteiger partial charge in [-0.15, -0.1) is 0 Å². The van der Waals surface area contributed by atoms with Gasteiger partial charge in [-0.2, -0.15) is 0 Å². The molecule has 0 saturated carbocycles. The summed E-state index contributed by atoms with van der Waals surface area (Å²) >= 11 is 0. The van der Waals surface area contributed by atoms with Gasteiger partial charge in [-0.25, -0.2) is 4.79 Å². The van der Waals surface area contributed by atoms with Crippen molar-refractivity contribution < 1.29 is 29.3 Å². The van der Waals surface area contributed by atoms with E-state index >= 15 is 0 Å². The van der Waals surface area contributed by atoms with Gasteiger partial charge in [0.15, 0.2) is 0 Å². The Kier molecular flexibility index (Phi) is 12.0. The Hall–Kier alpha value is -1.79. The van der Waals surface area contributed by atoms with E-state index in [1.54, 1.807) is 0 Å². The van der Waals surface area contributed by atoms with Gasteiger partial charge in [0, 0.05) is 0 Å². The fourth-order valence-corrected chi connectivity index (χ4v) is 0.499. The van der Waals surface area contributed by atoms with E-state index < -0.39 is 6.09 Å². The van der Waals surface area contributed by atoms with Gasteiger partial charge in [-0.05, 0) is 26.2 Å². The fourth-order valence-electron chi connectivity index (χ4n) is 0.499. The number of hydrogen-bond acceptors (Lipinski definition) is 4. The minimum absolute atomic E-state index is 0.0565. The zero-order chi connectivity index (χ0) is 16.3. The van der Waals surface area contributed by atoms with Crippen molar-refractivity contribution in [2.75, 3.05) is 6.61 Å². The highest BCUT2D eigenvalue weighted by molar-refractivity contribution is 5.75. The van der Waals surface area contributed by atoms with E-state index in [1.807, 2.05) is 41.5 Å². The molecule has 0 radical (unpaired) electrons. The first-order valence-corrected chi connectivity index (χ1v) is 5.51. The molecule has 1 amide bonds. The Morgan fingerprint density at radius 3 is 1.58 bits per heavy atom. The third kappa shape index (κ3) is 31.4. The van der Waals surface area contributed by atoms with Crippen LogP contribution in [0.15, 0.2) is 0 Å². The third-order valence-electron chi connectivity index (χ3n) is 1.25. The van der Waals surface area contributed by atoms with E-state index in [-0.39, 0.29) is 23.3 Å². The van der Waals surface area contributed by atoms with Gasteiger partial charge in [0.1, 0.15) is 0 Å². The van der Waals surface area contributed by atoms with E-state index in [2.05, 4.69) is 5.73 Å². The Labute approximate surface area is 113 Å². The molecule has 0 aromatic heterocycles. The molecule has 7 heteroatoms. The van der Waals surface area contributed by atoms with Crippen LogP contribution in [0.1, 0.15) is 41.5 Å². The first-order chi connectivity index (χ1) is 8.27. The summed E-state index contributed by atoms with van der Waals surface area (Å²) in [6.45, 7) is 12.0. The molecule has 0 saturated heterocycles. The second kappa shape index (κ2) is 10.2. The van der Waals surface area contributed by atoms with Crippen LogP contribution in [-0.2, 0) is 14.3 Å². The summed E-state index contributed by atoms with van der Waals surface area (Å²) in [5.41, 5.74) is 3.70. The van der Waals surface area contributed by atoms with Crippen molar-refractivity contribution in [1.82, 2.24) is 0 Å². The zero-order valence-electron chi connectivity index (χ0n) is 12.4. The molecule has 0 spiro atoms. The molecular formula is C12H25NO6. The van der Waals surface area contributed by atoms with Crippen LogP contribution in [0.25, 0.3) is 0 Å². The first kappa shape index (κ1) is 22.4. The standard InChI is InChI=1S/C10H20O2.CH3NO2.CH2O2/c1-9(2,3)7-12-8(11)10(4,5)6;2-1(3)4;2-1-3/h7H2,1-6H3;2H2,(H,3,4);1H,(H,2,3). The number of nitrogens with two attached hydrogens (primary N) is 1. The van der Waals surface area contributed by atoms with Gasteiger partial charge in [-0.1, -0.05) is 20.8 Å². The Morgan fingerprint density at radius 1 is 1.16 bits per heavy atom. The average molecular weight is 279 g/mol. The molecule has 0 fully saturated rings. The highest BCUT2D eigenvalue weighted by Gasteiger charge is 2.24. The van der Waals surface area contributed by atoms with E-state index in [1.165, 1.54) is 0 Å². The highest BCUT2D eigenvalue weighted by Crippen LogP contribution is 2.19. The molecule has 0 heterocycles. The monoisotopic (exact) mass is 279 g/mol. The van der Waals surface area contributed by atoms with Gasteiger partial charge in [-0.3, -0.25) is 9.59 Å². The molecule has 0 aromatic carbocycles. The Balaban J connectivity index is -0.000000303. The third-order valence-corrected chi connectivity index (χ3v) is 1.25. The van der Waals surface area contributed by atoms with Gasteiger partial charge in [0.25, 0.3) is 6.47 Å². The lowest BCUT2D eigenvalue weighted by molar-refractivity contribution is -0.155. The van der Waals surface area contributed by atoms with Crippen LogP contribution >= 0.6 is 0 Å². The molecule has 0 aliphatic carbocycles. The molecular weight excluding hydrogens is 254 g/mol. The maximum atomic E-state index is 11.3. The van der Waals surface area contributed by atoms with Crippen LogP contribution in [0.4, 0.5) is 4.79 Å². The first-order valence-electron chi connectivity index (χ1n) is 5.51. The lowest BCUT2D eigenvalue weighted by atomic mass is 9.96. The van der Waals surface area contributed by atoms with Gasteiger partial charge >= 0.3 is 12.1 Å². The number of carbonyl (C=O) groups is 3. The van der Waals surface area contributed by atoms with Crippen molar-refractivity contribution in [2.24, 2.45) is 16.6 Å². The van der Waals surface area contributed by atoms with E-state index in [0.29, 0.717) is 6.61 Å². The topological polar surface area (TPSA) is 127 Å². The average Bonchev–Trinajstić information content (AvgIpc) is 2.11. The summed E-state index contributed by atoms with van der Waals surface area (Å²) < 4.78 is 5.13. The molecule has 0 atom stereocenters. The van der Waals surface area contributed by atoms with Gasteiger partial charge in [0.05, 0.1) is 12.0 Å². The van der Waals surface area contributed by atoms with Gasteiger partial charge < -0.3 is 20.7 Å². The highest BCUT2D eigenvalue weighted by atomic mass is 16.5. The number of carboxylic acid groups (broad SMARTS) is 2. The molecule has 0 bridgehead atoms. The number of rotatable bonds is 1. The number of ether oxygens (including phenoxy) is 1. The van der Waals surface area contributed by atoms with Crippen LogP contribution in [-0.4, -0.2) is 35.4 Å². The van der Waals surface area contributed by atoms with Crippen molar-refractivity contribution in [3.05, 3.63) is 0 Å². The predicted octanol–water partition coefficient (Wildman–Crippen LogP) is 1.95. The lowest BCUT2D eigenvalue weighted by Gasteiger charge is -2.22. The number of amides is 1. The van der Waals surface area contributed by atoms with E-state index in [9.17, 15) is 4.79 Å². The molecule has 0 unspecified atom stereocenters. The molecule has 0 aliphatic rings. The molecule has 0 aromatic rings. The summed E-state index contributed by atoms with van der Waals surface area (Å²) in [6, 6.07) is 0. The second-order valence-corrected chi connectivity index (χ2v) is 5.83. The molecule has 0 rings (SSSR count). The fraction of sp³-hybridized carbons (Fsp3) is 0.750. The smallest absolute Gasteiger partial charge is 0.402 e. The molecule has 4 N–H and O–H groups in total. The summed E-state index contributed by atoms with van der Waals surface area (Å²) in [5.74, 6) is -0.127. The number of carbonyl (C=O) groups excluding carboxylic acids is 1. The number of primary amides is 1. The maximum Gasteiger partial charge on any atom is 0.402 e. The quantitative estimate of drug-likeness (QED) is 0.497. The zero-order valence-corrected chi connectivity index (χ0v) is 12.4. The number of esters is 1. The summed E-state index contributed by atoms with van der Waals surface area (Å²) in [6.07, 6.45) is -1.33. The van der Waals surface area contributed by atoms with Crippen molar-refractivity contribution >= 4 is 18.5 Å². The van der Waals surface area contributed by atoms with Crippen molar-refractivity contribution in [3.8, 4) is 0 Å². The SMILES string of the molecule is CC(C)(C)COC(=O)C(C)(C)C.NC(=O)O.O=CO. The molecule has 0 aliphatic heterocycles. The van der Waals surface area contributed by atoms with E-state index in [0.717, 1.165) is 0 Å². The second-order valence-electron chi connectivity index (χ2n) is 5.83. The molecule has 114 valence electrons. The molecule has 7 nitrogen and oxygen atoms in total. The predicted molar refractivity (Wildman–Crippen MR) is 70.8 cm³/mol. The number of hydrogen-bond donors (Lipinski definition) is 3. The van der Waals surface area contributed by atoms with Crippen LogP contribution in [0.3, 0.4) is 0 Å². The summed E-state index contributed by atoms with van der Waals surface area (Å²) in [5, 5.41) is 14.1.